The molecule has 2 heterocycles. The summed E-state index contributed by atoms with van der Waals surface area (Å²) in [5, 5.41) is 2.78. The quantitative estimate of drug-likeness (QED) is 0.588. The number of nitrogens with zero attached hydrogens (tertiary/aromatic N) is 2. The molecule has 2 aromatic heterocycles. The number of benzene rings is 1. The van der Waals surface area contributed by atoms with Crippen LogP contribution < -0.4 is 10.9 Å². The lowest BCUT2D eigenvalue weighted by molar-refractivity contribution is -0.143. The monoisotopic (exact) mass is 419 g/mol. The molecule has 0 radical (unpaired) electrons. The summed E-state index contributed by atoms with van der Waals surface area (Å²) in [5.74, 6) is -0.521. The standard InChI is InChI=1S/C24H25N3O4/c1-4-31-23(29)15-27-14-19(8-9-22(27)28)26-24(30)18-7-5-6-17(12-18)21-13-25-11-10-20(21)16(2)3/h5-14,16H,4,15H2,1-3H3,(H,26,30). The topological polar surface area (TPSA) is 90.3 Å². The fourth-order valence-electron chi connectivity index (χ4n) is 3.26. The highest BCUT2D eigenvalue weighted by Crippen LogP contribution is 2.28. The number of pyridine rings is 2. The molecule has 0 bridgehead atoms. The Morgan fingerprint density at radius 1 is 1.16 bits per heavy atom. The minimum atomic E-state index is -0.516. The molecule has 0 saturated carbocycles. The number of carbonyl (C=O) groups excluding carboxylic acids is 2. The van der Waals surface area contributed by atoms with E-state index in [9.17, 15) is 14.4 Å². The minimum Gasteiger partial charge on any atom is -0.465 e. The van der Waals surface area contributed by atoms with Gasteiger partial charge < -0.3 is 14.6 Å². The predicted molar refractivity (Wildman–Crippen MR) is 119 cm³/mol. The third-order valence-electron chi connectivity index (χ3n) is 4.76. The van der Waals surface area contributed by atoms with Crippen molar-refractivity contribution in [2.75, 3.05) is 11.9 Å². The van der Waals surface area contributed by atoms with Crippen LogP contribution in [0.3, 0.4) is 0 Å². The van der Waals surface area contributed by atoms with Gasteiger partial charge in [-0.05, 0) is 48.2 Å². The lowest BCUT2D eigenvalue weighted by Crippen LogP contribution is -2.25. The van der Waals surface area contributed by atoms with Gasteiger partial charge in [-0.1, -0.05) is 26.0 Å². The largest absolute Gasteiger partial charge is 0.465 e. The minimum absolute atomic E-state index is 0.217. The molecular formula is C24H25N3O4. The molecule has 0 aliphatic heterocycles. The smallest absolute Gasteiger partial charge is 0.326 e. The van der Waals surface area contributed by atoms with Crippen molar-refractivity contribution < 1.29 is 14.3 Å². The summed E-state index contributed by atoms with van der Waals surface area (Å²) >= 11 is 0. The van der Waals surface area contributed by atoms with Crippen molar-refractivity contribution in [2.24, 2.45) is 0 Å². The van der Waals surface area contributed by atoms with Crippen molar-refractivity contribution in [3.8, 4) is 11.1 Å². The average Bonchev–Trinajstić information content (AvgIpc) is 2.76. The van der Waals surface area contributed by atoms with Crippen molar-refractivity contribution in [3.05, 3.63) is 82.5 Å². The van der Waals surface area contributed by atoms with Crippen molar-refractivity contribution in [1.29, 1.82) is 0 Å². The number of anilines is 1. The van der Waals surface area contributed by atoms with Gasteiger partial charge in [0.05, 0.1) is 12.3 Å². The van der Waals surface area contributed by atoms with Crippen LogP contribution in [0.1, 0.15) is 42.6 Å². The van der Waals surface area contributed by atoms with E-state index in [4.69, 9.17) is 4.74 Å². The molecule has 0 saturated heterocycles. The molecule has 7 heteroatoms. The molecule has 160 valence electrons. The Morgan fingerprint density at radius 2 is 1.97 bits per heavy atom. The van der Waals surface area contributed by atoms with Gasteiger partial charge in [-0.15, -0.1) is 0 Å². The van der Waals surface area contributed by atoms with Crippen molar-refractivity contribution in [2.45, 2.75) is 33.2 Å². The van der Waals surface area contributed by atoms with Crippen LogP contribution in [0.5, 0.6) is 0 Å². The predicted octanol–water partition coefficient (Wildman–Crippen LogP) is 3.85. The van der Waals surface area contributed by atoms with E-state index in [0.29, 0.717) is 17.2 Å². The first-order chi connectivity index (χ1) is 14.9. The zero-order valence-corrected chi connectivity index (χ0v) is 17.8. The number of nitrogens with one attached hydrogen (secondary N) is 1. The van der Waals surface area contributed by atoms with E-state index in [-0.39, 0.29) is 24.6 Å². The molecule has 3 aromatic rings. The first kappa shape index (κ1) is 22.0. The van der Waals surface area contributed by atoms with Crippen LogP contribution in [-0.4, -0.2) is 28.0 Å². The maximum atomic E-state index is 12.8. The van der Waals surface area contributed by atoms with E-state index in [2.05, 4.69) is 24.1 Å². The third-order valence-corrected chi connectivity index (χ3v) is 4.76. The Morgan fingerprint density at radius 3 is 2.71 bits per heavy atom. The first-order valence-electron chi connectivity index (χ1n) is 10.1. The lowest BCUT2D eigenvalue weighted by atomic mass is 9.93. The number of aromatic nitrogens is 2. The van der Waals surface area contributed by atoms with Gasteiger partial charge in [-0.2, -0.15) is 0 Å². The van der Waals surface area contributed by atoms with E-state index < -0.39 is 5.97 Å². The SMILES string of the molecule is CCOC(=O)Cn1cc(NC(=O)c2cccc(-c3cnccc3C(C)C)c2)ccc1=O. The molecule has 31 heavy (non-hydrogen) atoms. The molecular weight excluding hydrogens is 394 g/mol. The Labute approximate surface area is 180 Å². The van der Waals surface area contributed by atoms with Crippen LogP contribution in [0.25, 0.3) is 11.1 Å². The van der Waals surface area contributed by atoms with E-state index in [1.165, 1.54) is 22.9 Å². The Balaban J connectivity index is 1.83. The number of esters is 1. The van der Waals surface area contributed by atoms with Crippen molar-refractivity contribution in [1.82, 2.24) is 9.55 Å². The van der Waals surface area contributed by atoms with E-state index >= 15 is 0 Å². The number of ether oxygens (including phenoxy) is 1. The molecule has 1 N–H and O–H groups in total. The molecule has 0 atom stereocenters. The highest BCUT2D eigenvalue weighted by Gasteiger charge is 2.13. The Bertz CT molecular complexity index is 1150. The van der Waals surface area contributed by atoms with Gasteiger partial charge >= 0.3 is 5.97 Å². The second-order valence-corrected chi connectivity index (χ2v) is 7.34. The highest BCUT2D eigenvalue weighted by molar-refractivity contribution is 6.04. The summed E-state index contributed by atoms with van der Waals surface area (Å²) in [6.07, 6.45) is 5.00. The van der Waals surface area contributed by atoms with E-state index in [0.717, 1.165) is 16.7 Å². The van der Waals surface area contributed by atoms with Gasteiger partial charge in [0, 0.05) is 35.8 Å². The molecule has 1 aromatic carbocycles. The van der Waals surface area contributed by atoms with E-state index in [1.54, 1.807) is 25.4 Å². The summed E-state index contributed by atoms with van der Waals surface area (Å²) in [5.41, 5.74) is 3.55. The van der Waals surface area contributed by atoms with Crippen LogP contribution in [0.4, 0.5) is 5.69 Å². The third kappa shape index (κ3) is 5.45. The maximum absolute atomic E-state index is 12.8. The molecule has 7 nitrogen and oxygen atoms in total. The molecule has 0 spiro atoms. The van der Waals surface area contributed by atoms with Crippen molar-refractivity contribution in [3.63, 3.8) is 0 Å². The number of hydrogen-bond acceptors (Lipinski definition) is 5. The second-order valence-electron chi connectivity index (χ2n) is 7.34. The molecule has 0 aliphatic rings. The summed E-state index contributed by atoms with van der Waals surface area (Å²) in [4.78, 5) is 40.7. The van der Waals surface area contributed by atoms with Gasteiger partial charge in [0.15, 0.2) is 0 Å². The second kappa shape index (κ2) is 9.84. The zero-order chi connectivity index (χ0) is 22.4. The van der Waals surface area contributed by atoms with E-state index in [1.807, 2.05) is 24.3 Å². The first-order valence-corrected chi connectivity index (χ1v) is 10.1. The molecule has 0 fully saturated rings. The van der Waals surface area contributed by atoms with Crippen LogP contribution in [0, 0.1) is 0 Å². The lowest BCUT2D eigenvalue weighted by Gasteiger charge is -2.13. The molecule has 0 aliphatic carbocycles. The van der Waals surface area contributed by atoms with Crippen LogP contribution in [0.2, 0.25) is 0 Å². The molecule has 0 unspecified atom stereocenters. The van der Waals surface area contributed by atoms with Gasteiger partial charge in [-0.25, -0.2) is 0 Å². The summed E-state index contributed by atoms with van der Waals surface area (Å²) in [7, 11) is 0. The molecule has 3 rings (SSSR count). The van der Waals surface area contributed by atoms with Crippen LogP contribution >= 0.6 is 0 Å². The summed E-state index contributed by atoms with van der Waals surface area (Å²) < 4.78 is 6.08. The van der Waals surface area contributed by atoms with Gasteiger partial charge in [0.1, 0.15) is 6.54 Å². The Hall–Kier alpha value is -3.74. The highest BCUT2D eigenvalue weighted by atomic mass is 16.5. The van der Waals surface area contributed by atoms with Crippen LogP contribution in [-0.2, 0) is 16.1 Å². The number of rotatable bonds is 7. The van der Waals surface area contributed by atoms with Crippen LogP contribution in [0.15, 0.2) is 65.8 Å². The zero-order valence-electron chi connectivity index (χ0n) is 17.8. The fourth-order valence-corrected chi connectivity index (χ4v) is 3.26. The van der Waals surface area contributed by atoms with Crippen molar-refractivity contribution >= 4 is 17.6 Å². The summed E-state index contributed by atoms with van der Waals surface area (Å²) in [6.45, 7) is 5.93. The average molecular weight is 419 g/mol. The van der Waals surface area contributed by atoms with Gasteiger partial charge in [-0.3, -0.25) is 19.4 Å². The number of carbonyl (C=O) groups is 2. The fraction of sp³-hybridized carbons (Fsp3) is 0.250. The normalized spacial score (nSPS) is 10.7. The molecule has 1 amide bonds. The number of hydrogen-bond donors (Lipinski definition) is 1. The summed E-state index contributed by atoms with van der Waals surface area (Å²) in [6, 6.07) is 12.1. The van der Waals surface area contributed by atoms with Gasteiger partial charge in [0.2, 0.25) is 0 Å². The Kier molecular flexibility index (Phi) is 6.97. The maximum Gasteiger partial charge on any atom is 0.326 e. The number of amides is 1. The van der Waals surface area contributed by atoms with Gasteiger partial charge in [0.25, 0.3) is 11.5 Å².